The van der Waals surface area contributed by atoms with Crippen LogP contribution in [0.2, 0.25) is 0 Å². The summed E-state index contributed by atoms with van der Waals surface area (Å²) in [5, 5.41) is 0. The first-order valence-electron chi connectivity index (χ1n) is 6.55. The molecule has 2 atom stereocenters. The molecule has 5 nitrogen and oxygen atoms in total. The molecule has 2 N–H and O–H groups in total. The molecule has 1 aliphatic rings. The second-order valence-corrected chi connectivity index (χ2v) is 5.01. The predicted octanol–water partition coefficient (Wildman–Crippen LogP) is 1.91. The Morgan fingerprint density at radius 2 is 2.22 bits per heavy atom. The van der Waals surface area contributed by atoms with Gasteiger partial charge < -0.3 is 15.2 Å². The van der Waals surface area contributed by atoms with Gasteiger partial charge in [-0.3, -0.25) is 0 Å². The normalized spacial score (nSPS) is 24.0. The van der Waals surface area contributed by atoms with Gasteiger partial charge in [0.25, 0.3) is 0 Å². The molecule has 1 fully saturated rings. The molecule has 100 valence electrons. The van der Waals surface area contributed by atoms with Gasteiger partial charge in [-0.2, -0.15) is 4.98 Å². The lowest BCUT2D eigenvalue weighted by Gasteiger charge is -2.26. The Morgan fingerprint density at radius 1 is 1.39 bits per heavy atom. The minimum atomic E-state index is 0.0934. The van der Waals surface area contributed by atoms with Crippen LogP contribution in [0.1, 0.15) is 39.5 Å². The zero-order valence-corrected chi connectivity index (χ0v) is 11.0. The third-order valence-corrected chi connectivity index (χ3v) is 2.90. The van der Waals surface area contributed by atoms with Gasteiger partial charge in [0, 0.05) is 18.3 Å². The number of hydrogen-bond donors (Lipinski definition) is 1. The molecule has 0 radical (unpaired) electrons. The zero-order valence-electron chi connectivity index (χ0n) is 11.0. The van der Waals surface area contributed by atoms with Crippen LogP contribution in [-0.4, -0.2) is 28.2 Å². The SMILES string of the molecule is CC(C)Oc1ccnc(OC2CCCC(N)C2)n1. The second kappa shape index (κ2) is 6.00. The minimum Gasteiger partial charge on any atom is -0.475 e. The molecule has 1 aromatic heterocycles. The van der Waals surface area contributed by atoms with Gasteiger partial charge in [0.15, 0.2) is 0 Å². The summed E-state index contributed by atoms with van der Waals surface area (Å²) in [5.74, 6) is 0.551. The predicted molar refractivity (Wildman–Crippen MR) is 68.7 cm³/mol. The maximum atomic E-state index is 5.93. The number of nitrogens with two attached hydrogens (primary N) is 1. The number of ether oxygens (including phenoxy) is 2. The highest BCUT2D eigenvalue weighted by molar-refractivity contribution is 5.11. The van der Waals surface area contributed by atoms with Gasteiger partial charge in [-0.15, -0.1) is 0 Å². The lowest BCUT2D eigenvalue weighted by molar-refractivity contribution is 0.129. The van der Waals surface area contributed by atoms with Crippen molar-refractivity contribution in [2.45, 2.75) is 57.8 Å². The Balaban J connectivity index is 1.96. The maximum Gasteiger partial charge on any atom is 0.319 e. The molecule has 0 aromatic carbocycles. The van der Waals surface area contributed by atoms with Gasteiger partial charge in [-0.05, 0) is 39.5 Å². The molecule has 1 aromatic rings. The van der Waals surface area contributed by atoms with Crippen LogP contribution in [0.3, 0.4) is 0 Å². The van der Waals surface area contributed by atoms with Crippen LogP contribution < -0.4 is 15.2 Å². The summed E-state index contributed by atoms with van der Waals surface area (Å²) in [4.78, 5) is 8.35. The molecule has 0 spiro atoms. The standard InChI is InChI=1S/C13H21N3O2/c1-9(2)17-12-6-7-15-13(16-12)18-11-5-3-4-10(14)8-11/h6-7,9-11H,3-5,8,14H2,1-2H3. The largest absolute Gasteiger partial charge is 0.475 e. The maximum absolute atomic E-state index is 5.93. The van der Waals surface area contributed by atoms with E-state index >= 15 is 0 Å². The Bertz CT molecular complexity index is 384. The molecule has 0 saturated heterocycles. The molecule has 18 heavy (non-hydrogen) atoms. The number of nitrogens with zero attached hydrogens (tertiary/aromatic N) is 2. The summed E-state index contributed by atoms with van der Waals surface area (Å²) < 4.78 is 11.3. The van der Waals surface area contributed by atoms with E-state index in [2.05, 4.69) is 9.97 Å². The van der Waals surface area contributed by atoms with Gasteiger partial charge in [-0.25, -0.2) is 4.98 Å². The van der Waals surface area contributed by atoms with Crippen molar-refractivity contribution in [3.05, 3.63) is 12.3 Å². The van der Waals surface area contributed by atoms with Crippen molar-refractivity contribution in [1.82, 2.24) is 9.97 Å². The van der Waals surface area contributed by atoms with Crippen LogP contribution in [0.4, 0.5) is 0 Å². The molecular weight excluding hydrogens is 230 g/mol. The van der Waals surface area contributed by atoms with Gasteiger partial charge in [0.2, 0.25) is 5.88 Å². The highest BCUT2D eigenvalue weighted by atomic mass is 16.5. The monoisotopic (exact) mass is 251 g/mol. The van der Waals surface area contributed by atoms with E-state index in [-0.39, 0.29) is 18.2 Å². The van der Waals surface area contributed by atoms with Gasteiger partial charge >= 0.3 is 6.01 Å². The van der Waals surface area contributed by atoms with E-state index in [0.29, 0.717) is 11.9 Å². The number of rotatable bonds is 4. The molecule has 0 bridgehead atoms. The van der Waals surface area contributed by atoms with Crippen molar-refractivity contribution >= 4 is 0 Å². The minimum absolute atomic E-state index is 0.0934. The third-order valence-electron chi connectivity index (χ3n) is 2.90. The van der Waals surface area contributed by atoms with Crippen LogP contribution in [0.15, 0.2) is 12.3 Å². The van der Waals surface area contributed by atoms with Crippen molar-refractivity contribution in [2.75, 3.05) is 0 Å². The fourth-order valence-corrected chi connectivity index (χ4v) is 2.13. The van der Waals surface area contributed by atoms with E-state index in [1.165, 1.54) is 0 Å². The highest BCUT2D eigenvalue weighted by Gasteiger charge is 2.21. The van der Waals surface area contributed by atoms with Crippen LogP contribution in [0, 0.1) is 0 Å². The summed E-state index contributed by atoms with van der Waals surface area (Å²) in [6.45, 7) is 3.92. The fourth-order valence-electron chi connectivity index (χ4n) is 2.13. The molecule has 5 heteroatoms. The highest BCUT2D eigenvalue weighted by Crippen LogP contribution is 2.21. The van der Waals surface area contributed by atoms with E-state index in [0.717, 1.165) is 25.7 Å². The first-order chi connectivity index (χ1) is 8.63. The lowest BCUT2D eigenvalue weighted by Crippen LogP contribution is -2.34. The Hall–Kier alpha value is -1.36. The Morgan fingerprint density at radius 3 is 2.94 bits per heavy atom. The topological polar surface area (TPSA) is 70.3 Å². The quantitative estimate of drug-likeness (QED) is 0.885. The summed E-state index contributed by atoms with van der Waals surface area (Å²) in [6, 6.07) is 2.35. The Kier molecular flexibility index (Phi) is 4.36. The average molecular weight is 251 g/mol. The second-order valence-electron chi connectivity index (χ2n) is 5.01. The van der Waals surface area contributed by atoms with E-state index < -0.39 is 0 Å². The Labute approximate surface area is 108 Å². The molecule has 2 rings (SSSR count). The summed E-state index contributed by atoms with van der Waals surface area (Å²) >= 11 is 0. The summed E-state index contributed by atoms with van der Waals surface area (Å²) in [7, 11) is 0. The van der Waals surface area contributed by atoms with Crippen LogP contribution in [-0.2, 0) is 0 Å². The van der Waals surface area contributed by atoms with Crippen LogP contribution >= 0.6 is 0 Å². The molecule has 1 saturated carbocycles. The van der Waals surface area contributed by atoms with E-state index in [4.69, 9.17) is 15.2 Å². The first kappa shape index (κ1) is 13.1. The molecule has 0 amide bonds. The van der Waals surface area contributed by atoms with E-state index in [9.17, 15) is 0 Å². The van der Waals surface area contributed by atoms with E-state index in [1.807, 2.05) is 13.8 Å². The van der Waals surface area contributed by atoms with Gasteiger partial charge in [0.1, 0.15) is 6.10 Å². The average Bonchev–Trinajstić information content (AvgIpc) is 2.28. The van der Waals surface area contributed by atoms with Crippen molar-refractivity contribution in [2.24, 2.45) is 5.73 Å². The molecular formula is C13H21N3O2. The van der Waals surface area contributed by atoms with Crippen LogP contribution in [0.25, 0.3) is 0 Å². The van der Waals surface area contributed by atoms with Crippen molar-refractivity contribution in [3.63, 3.8) is 0 Å². The number of aromatic nitrogens is 2. The fraction of sp³-hybridized carbons (Fsp3) is 0.692. The number of hydrogen-bond acceptors (Lipinski definition) is 5. The molecule has 0 aliphatic heterocycles. The van der Waals surface area contributed by atoms with Gasteiger partial charge in [0.05, 0.1) is 6.10 Å². The van der Waals surface area contributed by atoms with E-state index in [1.54, 1.807) is 12.3 Å². The molecule has 1 aliphatic carbocycles. The zero-order chi connectivity index (χ0) is 13.0. The van der Waals surface area contributed by atoms with Gasteiger partial charge in [-0.1, -0.05) is 0 Å². The first-order valence-corrected chi connectivity index (χ1v) is 6.55. The van der Waals surface area contributed by atoms with Crippen molar-refractivity contribution in [1.29, 1.82) is 0 Å². The third kappa shape index (κ3) is 3.84. The van der Waals surface area contributed by atoms with Crippen molar-refractivity contribution < 1.29 is 9.47 Å². The summed E-state index contributed by atoms with van der Waals surface area (Å²) in [5.41, 5.74) is 5.93. The van der Waals surface area contributed by atoms with Crippen LogP contribution in [0.5, 0.6) is 11.9 Å². The smallest absolute Gasteiger partial charge is 0.319 e. The van der Waals surface area contributed by atoms with Crippen molar-refractivity contribution in [3.8, 4) is 11.9 Å². The summed E-state index contributed by atoms with van der Waals surface area (Å²) in [6.07, 6.45) is 5.96. The molecule has 2 unspecified atom stereocenters. The lowest BCUT2D eigenvalue weighted by atomic mass is 9.94. The molecule has 1 heterocycles.